The van der Waals surface area contributed by atoms with Gasteiger partial charge in [0.05, 0.1) is 10.6 Å². The van der Waals surface area contributed by atoms with Crippen LogP contribution in [0.1, 0.15) is 20.3 Å². The summed E-state index contributed by atoms with van der Waals surface area (Å²) in [5, 5.41) is 19.9. The SMILES string of the molecule is CC[C@H](C)[C@H](NS(=O)(=O)c1ccc(-n2cnnn2)cc1)C(=O)O. The van der Waals surface area contributed by atoms with Crippen LogP contribution in [0.3, 0.4) is 0 Å². The summed E-state index contributed by atoms with van der Waals surface area (Å²) in [6, 6.07) is 4.63. The van der Waals surface area contributed by atoms with Gasteiger partial charge in [0.1, 0.15) is 12.4 Å². The largest absolute Gasteiger partial charge is 0.480 e. The molecule has 2 atom stereocenters. The molecule has 0 saturated carbocycles. The molecule has 2 N–H and O–H groups in total. The van der Waals surface area contributed by atoms with Crippen LogP contribution in [0.2, 0.25) is 0 Å². The molecule has 0 amide bonds. The fourth-order valence-electron chi connectivity index (χ4n) is 1.94. The summed E-state index contributed by atoms with van der Waals surface area (Å²) in [5.74, 6) is -1.53. The van der Waals surface area contributed by atoms with Gasteiger partial charge in [-0.1, -0.05) is 20.3 Å². The second-order valence-corrected chi connectivity index (χ2v) is 6.79. The lowest BCUT2D eigenvalue weighted by molar-refractivity contribution is -0.140. The molecule has 2 aromatic rings. The summed E-state index contributed by atoms with van der Waals surface area (Å²) in [7, 11) is -3.94. The predicted molar refractivity (Wildman–Crippen MR) is 80.4 cm³/mol. The van der Waals surface area contributed by atoms with Gasteiger partial charge in [-0.05, 0) is 40.6 Å². The number of benzene rings is 1. The first kappa shape index (κ1) is 17.0. The van der Waals surface area contributed by atoms with Gasteiger partial charge in [-0.15, -0.1) is 5.10 Å². The van der Waals surface area contributed by atoms with Crippen molar-refractivity contribution >= 4 is 16.0 Å². The van der Waals surface area contributed by atoms with Crippen LogP contribution in [0.5, 0.6) is 0 Å². The summed E-state index contributed by atoms with van der Waals surface area (Å²) in [6.07, 6.45) is 1.92. The van der Waals surface area contributed by atoms with Gasteiger partial charge in [0.2, 0.25) is 10.0 Å². The van der Waals surface area contributed by atoms with Crippen LogP contribution in [0.4, 0.5) is 0 Å². The number of aromatic nitrogens is 4. The summed E-state index contributed by atoms with van der Waals surface area (Å²) in [5.41, 5.74) is 0.589. The van der Waals surface area contributed by atoms with Crippen LogP contribution in [0, 0.1) is 5.92 Å². The first-order valence-electron chi connectivity index (χ1n) is 6.93. The summed E-state index contributed by atoms with van der Waals surface area (Å²) in [6.45, 7) is 3.48. The predicted octanol–water partition coefficient (Wildman–Crippen LogP) is 0.440. The Morgan fingerprint density at radius 1 is 1.35 bits per heavy atom. The van der Waals surface area contributed by atoms with Crippen LogP contribution in [-0.2, 0) is 14.8 Å². The lowest BCUT2D eigenvalue weighted by Crippen LogP contribution is -2.44. The van der Waals surface area contributed by atoms with Crippen LogP contribution in [0.15, 0.2) is 35.5 Å². The van der Waals surface area contributed by atoms with E-state index < -0.39 is 22.0 Å². The molecule has 1 aromatic carbocycles. The molecular weight excluding hydrogens is 322 g/mol. The minimum absolute atomic E-state index is 0.0242. The van der Waals surface area contributed by atoms with Gasteiger partial charge < -0.3 is 5.11 Å². The van der Waals surface area contributed by atoms with E-state index in [0.717, 1.165) is 0 Å². The molecule has 0 spiro atoms. The lowest BCUT2D eigenvalue weighted by Gasteiger charge is -2.20. The highest BCUT2D eigenvalue weighted by Gasteiger charge is 2.29. The van der Waals surface area contributed by atoms with Gasteiger partial charge in [-0.3, -0.25) is 4.79 Å². The van der Waals surface area contributed by atoms with E-state index in [1.807, 2.05) is 0 Å². The van der Waals surface area contributed by atoms with Crippen molar-refractivity contribution in [2.45, 2.75) is 31.2 Å². The summed E-state index contributed by atoms with van der Waals surface area (Å²) in [4.78, 5) is 11.2. The van der Waals surface area contributed by atoms with E-state index in [9.17, 15) is 18.3 Å². The molecule has 2 rings (SSSR count). The molecule has 0 aliphatic rings. The van der Waals surface area contributed by atoms with Crippen molar-refractivity contribution in [1.29, 1.82) is 0 Å². The first-order valence-corrected chi connectivity index (χ1v) is 8.42. The number of hydrogen-bond acceptors (Lipinski definition) is 6. The highest BCUT2D eigenvalue weighted by Crippen LogP contribution is 2.16. The van der Waals surface area contributed by atoms with E-state index in [2.05, 4.69) is 20.2 Å². The van der Waals surface area contributed by atoms with E-state index in [1.165, 1.54) is 35.3 Å². The fourth-order valence-corrected chi connectivity index (χ4v) is 3.24. The van der Waals surface area contributed by atoms with Gasteiger partial charge in [0.15, 0.2) is 0 Å². The Kier molecular flexibility index (Phi) is 5.06. The standard InChI is InChI=1S/C13H17N5O4S/c1-3-9(2)12(13(19)20)15-23(21,22)11-6-4-10(5-7-11)18-8-14-16-17-18/h4-9,12,15H,3H2,1-2H3,(H,19,20)/t9-,12-/m0/s1. The minimum Gasteiger partial charge on any atom is -0.480 e. The molecule has 0 unspecified atom stereocenters. The van der Waals surface area contributed by atoms with Crippen molar-refractivity contribution in [2.24, 2.45) is 5.92 Å². The number of rotatable bonds is 7. The second kappa shape index (κ2) is 6.84. The Balaban J connectivity index is 2.23. The Hall–Kier alpha value is -2.33. The van der Waals surface area contributed by atoms with Crippen molar-refractivity contribution in [3.63, 3.8) is 0 Å². The number of nitrogens with zero attached hydrogens (tertiary/aromatic N) is 4. The molecule has 0 aliphatic carbocycles. The van der Waals surface area contributed by atoms with Crippen LogP contribution >= 0.6 is 0 Å². The van der Waals surface area contributed by atoms with Gasteiger partial charge in [-0.25, -0.2) is 13.1 Å². The number of hydrogen-bond donors (Lipinski definition) is 2. The molecular formula is C13H17N5O4S. The third-order valence-electron chi connectivity index (χ3n) is 3.52. The quantitative estimate of drug-likeness (QED) is 0.749. The molecule has 0 fully saturated rings. The summed E-state index contributed by atoms with van der Waals surface area (Å²) < 4.78 is 28.3. The van der Waals surface area contributed by atoms with E-state index in [-0.39, 0.29) is 10.8 Å². The molecule has 124 valence electrons. The Bertz CT molecular complexity index is 758. The van der Waals surface area contributed by atoms with Crippen molar-refractivity contribution in [3.8, 4) is 5.69 Å². The smallest absolute Gasteiger partial charge is 0.322 e. The monoisotopic (exact) mass is 339 g/mol. The zero-order valence-electron chi connectivity index (χ0n) is 12.6. The Labute approximate surface area is 133 Å². The van der Waals surface area contributed by atoms with Gasteiger partial charge in [0.25, 0.3) is 0 Å². The van der Waals surface area contributed by atoms with Crippen LogP contribution in [-0.4, -0.2) is 45.7 Å². The number of carboxylic acids is 1. The summed E-state index contributed by atoms with van der Waals surface area (Å²) >= 11 is 0. The van der Waals surface area contributed by atoms with Crippen molar-refractivity contribution in [3.05, 3.63) is 30.6 Å². The van der Waals surface area contributed by atoms with Gasteiger partial charge in [0, 0.05) is 0 Å². The number of aliphatic carboxylic acids is 1. The van der Waals surface area contributed by atoms with Crippen molar-refractivity contribution in [1.82, 2.24) is 24.9 Å². The molecule has 0 bridgehead atoms. The number of sulfonamides is 1. The number of carboxylic acid groups (broad SMARTS) is 1. The van der Waals surface area contributed by atoms with Crippen LogP contribution < -0.4 is 4.72 Å². The minimum atomic E-state index is -3.94. The highest BCUT2D eigenvalue weighted by atomic mass is 32.2. The number of carbonyl (C=O) groups is 1. The molecule has 0 aliphatic heterocycles. The lowest BCUT2D eigenvalue weighted by atomic mass is 10.0. The normalized spacial score (nSPS) is 14.3. The third-order valence-corrected chi connectivity index (χ3v) is 4.98. The van der Waals surface area contributed by atoms with Crippen LogP contribution in [0.25, 0.3) is 5.69 Å². The highest BCUT2D eigenvalue weighted by molar-refractivity contribution is 7.89. The molecule has 1 aromatic heterocycles. The number of tetrazole rings is 1. The van der Waals surface area contributed by atoms with Crippen molar-refractivity contribution in [2.75, 3.05) is 0 Å². The maximum absolute atomic E-state index is 12.3. The van der Waals surface area contributed by atoms with Crippen molar-refractivity contribution < 1.29 is 18.3 Å². The maximum atomic E-state index is 12.3. The molecule has 1 heterocycles. The average molecular weight is 339 g/mol. The number of nitrogens with one attached hydrogen (secondary N) is 1. The molecule has 0 radical (unpaired) electrons. The molecule has 9 nitrogen and oxygen atoms in total. The zero-order valence-corrected chi connectivity index (χ0v) is 13.4. The Morgan fingerprint density at radius 3 is 2.48 bits per heavy atom. The molecule has 10 heteroatoms. The zero-order chi connectivity index (χ0) is 17.0. The van der Waals surface area contributed by atoms with E-state index in [4.69, 9.17) is 0 Å². The maximum Gasteiger partial charge on any atom is 0.322 e. The fraction of sp³-hybridized carbons (Fsp3) is 0.385. The topological polar surface area (TPSA) is 127 Å². The average Bonchev–Trinajstić information content (AvgIpc) is 3.06. The Morgan fingerprint density at radius 2 is 2.00 bits per heavy atom. The van der Waals surface area contributed by atoms with E-state index in [1.54, 1.807) is 13.8 Å². The molecule has 23 heavy (non-hydrogen) atoms. The van der Waals surface area contributed by atoms with E-state index >= 15 is 0 Å². The van der Waals surface area contributed by atoms with Gasteiger partial charge in [-0.2, -0.15) is 4.72 Å². The van der Waals surface area contributed by atoms with E-state index in [0.29, 0.717) is 12.1 Å². The van der Waals surface area contributed by atoms with Gasteiger partial charge >= 0.3 is 5.97 Å². The molecule has 0 saturated heterocycles. The first-order chi connectivity index (χ1) is 10.8. The second-order valence-electron chi connectivity index (χ2n) is 5.07. The third kappa shape index (κ3) is 3.90.